The molecule has 3 aliphatic rings. The van der Waals surface area contributed by atoms with Crippen LogP contribution in [0.2, 0.25) is 0 Å². The molecule has 3 heteroatoms. The van der Waals surface area contributed by atoms with Gasteiger partial charge in [-0.25, -0.2) is 0 Å². The smallest absolute Gasteiger partial charge is 0.223 e. The second kappa shape index (κ2) is 7.72. The SMILES string of the molecule is CCC[C@H]1[C@H](NCc2ccccc2)CC[C@@]23CCCN2C(=O)CCC[C@@H]13. The van der Waals surface area contributed by atoms with Crippen LogP contribution in [-0.2, 0) is 11.3 Å². The molecule has 142 valence electrons. The Balaban J connectivity index is 1.54. The molecule has 0 unspecified atom stereocenters. The maximum absolute atomic E-state index is 12.7. The molecule has 2 aliphatic heterocycles. The topological polar surface area (TPSA) is 32.3 Å². The monoisotopic (exact) mass is 354 g/mol. The average Bonchev–Trinajstić information content (AvgIpc) is 3.03. The normalized spacial score (nSPS) is 34.3. The number of amides is 1. The van der Waals surface area contributed by atoms with Crippen LogP contribution in [-0.4, -0.2) is 28.9 Å². The molecule has 0 radical (unpaired) electrons. The van der Waals surface area contributed by atoms with Crippen LogP contribution >= 0.6 is 0 Å². The zero-order valence-electron chi connectivity index (χ0n) is 16.3. The zero-order valence-corrected chi connectivity index (χ0v) is 16.3. The van der Waals surface area contributed by atoms with Crippen LogP contribution in [0, 0.1) is 11.8 Å². The highest BCUT2D eigenvalue weighted by Gasteiger charge is 2.55. The lowest BCUT2D eigenvalue weighted by Crippen LogP contribution is -2.59. The van der Waals surface area contributed by atoms with Gasteiger partial charge in [0.2, 0.25) is 5.91 Å². The van der Waals surface area contributed by atoms with Gasteiger partial charge in [0, 0.05) is 31.1 Å². The van der Waals surface area contributed by atoms with Gasteiger partial charge in [-0.3, -0.25) is 4.79 Å². The summed E-state index contributed by atoms with van der Waals surface area (Å²) in [4.78, 5) is 15.0. The van der Waals surface area contributed by atoms with E-state index in [1.165, 1.54) is 50.5 Å². The summed E-state index contributed by atoms with van der Waals surface area (Å²) in [6, 6.07) is 11.4. The van der Waals surface area contributed by atoms with Gasteiger partial charge in [-0.15, -0.1) is 0 Å². The molecule has 1 N–H and O–H groups in total. The maximum Gasteiger partial charge on any atom is 0.223 e. The maximum atomic E-state index is 12.7. The predicted molar refractivity (Wildman–Crippen MR) is 106 cm³/mol. The number of rotatable bonds is 5. The summed E-state index contributed by atoms with van der Waals surface area (Å²) < 4.78 is 0. The highest BCUT2D eigenvalue weighted by atomic mass is 16.2. The van der Waals surface area contributed by atoms with Crippen molar-refractivity contribution in [1.82, 2.24) is 10.2 Å². The van der Waals surface area contributed by atoms with Crippen LogP contribution in [0.3, 0.4) is 0 Å². The number of nitrogens with one attached hydrogen (secondary N) is 1. The molecule has 26 heavy (non-hydrogen) atoms. The van der Waals surface area contributed by atoms with E-state index in [4.69, 9.17) is 0 Å². The van der Waals surface area contributed by atoms with Crippen molar-refractivity contribution in [1.29, 1.82) is 0 Å². The van der Waals surface area contributed by atoms with Gasteiger partial charge in [0.05, 0.1) is 0 Å². The highest BCUT2D eigenvalue weighted by molar-refractivity contribution is 5.78. The Bertz CT molecular complexity index is 616. The van der Waals surface area contributed by atoms with E-state index in [9.17, 15) is 4.79 Å². The number of nitrogens with zero attached hydrogens (tertiary/aromatic N) is 1. The third-order valence-electron chi connectivity index (χ3n) is 7.38. The summed E-state index contributed by atoms with van der Waals surface area (Å²) in [5, 5.41) is 3.91. The number of carbonyl (C=O) groups excluding carboxylic acids is 1. The van der Waals surface area contributed by atoms with E-state index < -0.39 is 0 Å². The van der Waals surface area contributed by atoms with E-state index in [-0.39, 0.29) is 5.54 Å². The fourth-order valence-corrected chi connectivity index (χ4v) is 6.33. The molecule has 1 saturated carbocycles. The van der Waals surface area contributed by atoms with E-state index in [1.807, 2.05) is 0 Å². The van der Waals surface area contributed by atoms with E-state index in [0.717, 1.165) is 25.9 Å². The molecule has 2 heterocycles. The van der Waals surface area contributed by atoms with Crippen molar-refractivity contribution in [3.63, 3.8) is 0 Å². The van der Waals surface area contributed by atoms with Gasteiger partial charge in [-0.1, -0.05) is 43.7 Å². The molecule has 3 fully saturated rings. The predicted octanol–water partition coefficient (Wildman–Crippen LogP) is 4.52. The fourth-order valence-electron chi connectivity index (χ4n) is 6.33. The van der Waals surface area contributed by atoms with Gasteiger partial charge < -0.3 is 10.2 Å². The van der Waals surface area contributed by atoms with Gasteiger partial charge >= 0.3 is 0 Å². The minimum Gasteiger partial charge on any atom is -0.337 e. The summed E-state index contributed by atoms with van der Waals surface area (Å²) in [5.41, 5.74) is 1.57. The molecule has 1 aliphatic carbocycles. The molecule has 1 amide bonds. The van der Waals surface area contributed by atoms with Crippen molar-refractivity contribution in [2.45, 2.75) is 82.8 Å². The van der Waals surface area contributed by atoms with Crippen LogP contribution in [0.25, 0.3) is 0 Å². The molecule has 1 aromatic carbocycles. The quantitative estimate of drug-likeness (QED) is 0.843. The molecule has 4 atom stereocenters. The molecule has 4 rings (SSSR count). The Morgan fingerprint density at radius 1 is 1.15 bits per heavy atom. The number of hydrogen-bond acceptors (Lipinski definition) is 2. The second-order valence-corrected chi connectivity index (χ2v) is 8.72. The van der Waals surface area contributed by atoms with Crippen molar-refractivity contribution >= 4 is 5.91 Å². The van der Waals surface area contributed by atoms with Crippen LogP contribution in [0.1, 0.15) is 70.3 Å². The van der Waals surface area contributed by atoms with Gasteiger partial charge in [-0.05, 0) is 62.3 Å². The third-order valence-corrected chi connectivity index (χ3v) is 7.38. The van der Waals surface area contributed by atoms with Crippen LogP contribution in [0.5, 0.6) is 0 Å². The first-order chi connectivity index (χ1) is 12.7. The first-order valence-corrected chi connectivity index (χ1v) is 10.8. The van der Waals surface area contributed by atoms with Crippen molar-refractivity contribution in [2.75, 3.05) is 6.54 Å². The van der Waals surface area contributed by atoms with Crippen molar-refractivity contribution < 1.29 is 4.79 Å². The Morgan fingerprint density at radius 3 is 2.81 bits per heavy atom. The van der Waals surface area contributed by atoms with Crippen molar-refractivity contribution in [3.8, 4) is 0 Å². The molecule has 1 aromatic rings. The number of carbonyl (C=O) groups is 1. The molecular weight excluding hydrogens is 320 g/mol. The van der Waals surface area contributed by atoms with Crippen molar-refractivity contribution in [2.24, 2.45) is 11.8 Å². The van der Waals surface area contributed by atoms with Gasteiger partial charge in [-0.2, -0.15) is 0 Å². The van der Waals surface area contributed by atoms with Crippen LogP contribution in [0.15, 0.2) is 30.3 Å². The molecule has 2 saturated heterocycles. The lowest BCUT2D eigenvalue weighted by Gasteiger charge is -2.53. The largest absolute Gasteiger partial charge is 0.337 e. The fraction of sp³-hybridized carbons (Fsp3) is 0.696. The van der Waals surface area contributed by atoms with Crippen LogP contribution in [0.4, 0.5) is 0 Å². The van der Waals surface area contributed by atoms with E-state index in [1.54, 1.807) is 0 Å². The Morgan fingerprint density at radius 2 is 2.00 bits per heavy atom. The molecule has 0 aromatic heterocycles. The Kier molecular flexibility index (Phi) is 5.35. The van der Waals surface area contributed by atoms with Crippen molar-refractivity contribution in [3.05, 3.63) is 35.9 Å². The lowest BCUT2D eigenvalue weighted by molar-refractivity contribution is -0.138. The van der Waals surface area contributed by atoms with Crippen LogP contribution < -0.4 is 5.32 Å². The minimum absolute atomic E-state index is 0.193. The summed E-state index contributed by atoms with van der Waals surface area (Å²) in [7, 11) is 0. The van der Waals surface area contributed by atoms with E-state index in [0.29, 0.717) is 23.8 Å². The molecular formula is C23H34N2O. The van der Waals surface area contributed by atoms with Gasteiger partial charge in [0.15, 0.2) is 0 Å². The zero-order chi connectivity index (χ0) is 18.0. The highest BCUT2D eigenvalue weighted by Crippen LogP contribution is 2.52. The summed E-state index contributed by atoms with van der Waals surface area (Å²) >= 11 is 0. The lowest BCUT2D eigenvalue weighted by atomic mass is 9.61. The summed E-state index contributed by atoms with van der Waals surface area (Å²) in [5.74, 6) is 1.85. The summed E-state index contributed by atoms with van der Waals surface area (Å²) in [6.07, 6.45) is 10.5. The van der Waals surface area contributed by atoms with E-state index >= 15 is 0 Å². The van der Waals surface area contributed by atoms with Gasteiger partial charge in [0.25, 0.3) is 0 Å². The number of benzene rings is 1. The molecule has 3 nitrogen and oxygen atoms in total. The van der Waals surface area contributed by atoms with E-state index in [2.05, 4.69) is 47.5 Å². The second-order valence-electron chi connectivity index (χ2n) is 8.72. The standard InChI is InChI=1S/C23H34N2O/c1-2-8-19-20-11-6-12-22(26)25-16-7-14-23(20,25)15-13-21(19)24-17-18-9-4-3-5-10-18/h3-5,9-10,19-21,24H,2,6-8,11-17H2,1H3/t19-,20+,21-,23-/m1/s1. The molecule has 0 bridgehead atoms. The molecule has 1 spiro atoms. The summed E-state index contributed by atoms with van der Waals surface area (Å²) in [6.45, 7) is 4.30. The number of hydrogen-bond donors (Lipinski definition) is 1. The first kappa shape index (κ1) is 18.0. The average molecular weight is 355 g/mol. The third kappa shape index (κ3) is 3.19. The Labute approximate surface area is 158 Å². The minimum atomic E-state index is 0.193. The Hall–Kier alpha value is -1.35. The van der Waals surface area contributed by atoms with Gasteiger partial charge in [0.1, 0.15) is 0 Å². The first-order valence-electron chi connectivity index (χ1n) is 10.8.